The molecule has 0 heterocycles. The Morgan fingerprint density at radius 2 is 1.73 bits per heavy atom. The number of carboxylic acids is 2. The zero-order valence-electron chi connectivity index (χ0n) is 10.8. The van der Waals surface area contributed by atoms with E-state index in [1.807, 2.05) is 0 Å². The van der Waals surface area contributed by atoms with E-state index in [1.54, 1.807) is 5.32 Å². The molecule has 0 saturated heterocycles. The first-order chi connectivity index (χ1) is 10.00. The first kappa shape index (κ1) is 17.9. The third-order valence-electron chi connectivity index (χ3n) is 2.83. The van der Waals surface area contributed by atoms with E-state index in [2.05, 4.69) is 0 Å². The summed E-state index contributed by atoms with van der Waals surface area (Å²) in [5.74, 6) is -4.20. The number of halogens is 3. The molecule has 10 heteroatoms. The second-order valence-corrected chi connectivity index (χ2v) is 4.32. The van der Waals surface area contributed by atoms with Crippen LogP contribution in [0.4, 0.5) is 13.2 Å². The van der Waals surface area contributed by atoms with Crippen molar-refractivity contribution in [2.24, 2.45) is 0 Å². The Hall–Kier alpha value is -2.17. The molecule has 2 atom stereocenters. The highest BCUT2D eigenvalue weighted by Crippen LogP contribution is 2.32. The minimum Gasteiger partial charge on any atom is -0.479 e. The molecular formula is C12H12F3NO6. The van der Waals surface area contributed by atoms with Gasteiger partial charge in [-0.3, -0.25) is 5.32 Å². The van der Waals surface area contributed by atoms with Crippen molar-refractivity contribution in [2.45, 2.75) is 24.6 Å². The second kappa shape index (κ2) is 6.30. The Labute approximate surface area is 121 Å². The molecule has 1 aromatic rings. The third-order valence-corrected chi connectivity index (χ3v) is 2.83. The number of hydrogen-bond acceptors (Lipinski definition) is 5. The van der Waals surface area contributed by atoms with Gasteiger partial charge in [0.15, 0.2) is 0 Å². The normalized spacial score (nSPS) is 15.9. The monoisotopic (exact) mass is 323 g/mol. The van der Waals surface area contributed by atoms with E-state index in [0.29, 0.717) is 0 Å². The number of alkyl halides is 3. The van der Waals surface area contributed by atoms with Crippen LogP contribution in [0.3, 0.4) is 0 Å². The summed E-state index contributed by atoms with van der Waals surface area (Å²) < 4.78 is 38.3. The third kappa shape index (κ3) is 3.72. The fraction of sp³-hybridized carbons (Fsp3) is 0.333. The number of aliphatic hydroxyl groups is 2. The van der Waals surface area contributed by atoms with Crippen LogP contribution in [0.5, 0.6) is 0 Å². The Kier molecular flexibility index (Phi) is 5.12. The van der Waals surface area contributed by atoms with Crippen LogP contribution in [0.25, 0.3) is 0 Å². The zero-order valence-corrected chi connectivity index (χ0v) is 10.8. The summed E-state index contributed by atoms with van der Waals surface area (Å²) in [5, 5.41) is 38.0. The fourth-order valence-corrected chi connectivity index (χ4v) is 1.65. The largest absolute Gasteiger partial charge is 0.479 e. The van der Waals surface area contributed by atoms with Gasteiger partial charge >= 0.3 is 18.1 Å². The lowest BCUT2D eigenvalue weighted by Crippen LogP contribution is -2.62. The van der Waals surface area contributed by atoms with E-state index in [9.17, 15) is 33.0 Å². The molecule has 122 valence electrons. The lowest BCUT2D eigenvalue weighted by atomic mass is 10.0. The SMILES string of the molecule is O=C(O)[C@@H](O)[C@@](O)(NCc1ccccc1C(F)(F)F)C(=O)O. The summed E-state index contributed by atoms with van der Waals surface area (Å²) in [4.78, 5) is 21.5. The first-order valence-corrected chi connectivity index (χ1v) is 5.77. The van der Waals surface area contributed by atoms with Crippen LogP contribution in [0.1, 0.15) is 11.1 Å². The van der Waals surface area contributed by atoms with Gasteiger partial charge in [0.25, 0.3) is 5.72 Å². The number of hydrogen-bond donors (Lipinski definition) is 5. The molecule has 0 bridgehead atoms. The summed E-state index contributed by atoms with van der Waals surface area (Å²) in [6.07, 6.45) is -7.49. The van der Waals surface area contributed by atoms with Crippen molar-refractivity contribution in [3.05, 3.63) is 35.4 Å². The van der Waals surface area contributed by atoms with E-state index < -0.39 is 47.6 Å². The molecule has 0 saturated carbocycles. The number of nitrogens with one attached hydrogen (secondary N) is 1. The first-order valence-electron chi connectivity index (χ1n) is 5.77. The Morgan fingerprint density at radius 1 is 1.18 bits per heavy atom. The topological polar surface area (TPSA) is 127 Å². The van der Waals surface area contributed by atoms with Gasteiger partial charge in [-0.2, -0.15) is 13.2 Å². The van der Waals surface area contributed by atoms with Crippen LogP contribution < -0.4 is 5.32 Å². The number of carboxylic acid groups (broad SMARTS) is 2. The number of carbonyl (C=O) groups is 2. The van der Waals surface area contributed by atoms with Gasteiger partial charge in [0.1, 0.15) is 0 Å². The minimum absolute atomic E-state index is 0.424. The number of aliphatic carboxylic acids is 2. The van der Waals surface area contributed by atoms with E-state index in [4.69, 9.17) is 10.2 Å². The maximum Gasteiger partial charge on any atom is 0.416 e. The van der Waals surface area contributed by atoms with Crippen molar-refractivity contribution < 1.29 is 43.2 Å². The van der Waals surface area contributed by atoms with Gasteiger partial charge in [-0.25, -0.2) is 9.59 Å². The summed E-state index contributed by atoms with van der Waals surface area (Å²) in [5.41, 5.74) is -4.85. The lowest BCUT2D eigenvalue weighted by Gasteiger charge is -2.27. The van der Waals surface area contributed by atoms with Gasteiger partial charge in [0.05, 0.1) is 5.56 Å². The molecule has 0 aromatic heterocycles. The number of aliphatic hydroxyl groups excluding tert-OH is 1. The summed E-state index contributed by atoms with van der Waals surface area (Å²) in [6.45, 7) is -0.831. The summed E-state index contributed by atoms with van der Waals surface area (Å²) in [7, 11) is 0. The molecule has 0 fully saturated rings. The molecule has 5 N–H and O–H groups in total. The highest BCUT2D eigenvalue weighted by atomic mass is 19.4. The van der Waals surface area contributed by atoms with Crippen molar-refractivity contribution in [1.29, 1.82) is 0 Å². The second-order valence-electron chi connectivity index (χ2n) is 4.32. The van der Waals surface area contributed by atoms with E-state index >= 15 is 0 Å². The van der Waals surface area contributed by atoms with E-state index in [1.165, 1.54) is 6.07 Å². The van der Waals surface area contributed by atoms with Gasteiger partial charge < -0.3 is 20.4 Å². The standard InChI is InChI=1S/C12H12F3NO6/c13-12(14,15)7-4-2-1-3-6(7)5-16-11(22,10(20)21)8(17)9(18)19/h1-4,8,16-17,22H,5H2,(H,18,19)(H,20,21)/t8-,11+/m1/s1. The molecule has 0 spiro atoms. The van der Waals surface area contributed by atoms with Gasteiger partial charge in [-0.15, -0.1) is 0 Å². The Morgan fingerprint density at radius 3 is 2.18 bits per heavy atom. The highest BCUT2D eigenvalue weighted by Gasteiger charge is 2.48. The average molecular weight is 323 g/mol. The Bertz CT molecular complexity index is 576. The van der Waals surface area contributed by atoms with Gasteiger partial charge in [0.2, 0.25) is 6.10 Å². The number of benzene rings is 1. The summed E-state index contributed by atoms with van der Waals surface area (Å²) >= 11 is 0. The van der Waals surface area contributed by atoms with E-state index in [-0.39, 0.29) is 0 Å². The van der Waals surface area contributed by atoms with Crippen molar-refractivity contribution in [1.82, 2.24) is 5.32 Å². The maximum absolute atomic E-state index is 12.8. The van der Waals surface area contributed by atoms with Crippen molar-refractivity contribution in [3.63, 3.8) is 0 Å². The quantitative estimate of drug-likeness (QED) is 0.467. The van der Waals surface area contributed by atoms with Crippen LogP contribution in [0, 0.1) is 0 Å². The van der Waals surface area contributed by atoms with Crippen molar-refractivity contribution in [3.8, 4) is 0 Å². The van der Waals surface area contributed by atoms with E-state index in [0.717, 1.165) is 18.2 Å². The average Bonchev–Trinajstić information content (AvgIpc) is 2.42. The smallest absolute Gasteiger partial charge is 0.416 e. The van der Waals surface area contributed by atoms with Crippen molar-refractivity contribution in [2.75, 3.05) is 0 Å². The molecule has 0 aliphatic heterocycles. The summed E-state index contributed by atoms with van der Waals surface area (Å²) in [6, 6.07) is 4.12. The van der Waals surface area contributed by atoms with Crippen LogP contribution in [-0.4, -0.2) is 44.2 Å². The van der Waals surface area contributed by atoms with Crippen LogP contribution >= 0.6 is 0 Å². The minimum atomic E-state index is -4.72. The van der Waals surface area contributed by atoms with Gasteiger partial charge in [-0.05, 0) is 11.6 Å². The molecule has 0 radical (unpaired) electrons. The number of rotatable bonds is 6. The maximum atomic E-state index is 12.8. The predicted octanol–water partition coefficient (Wildman–Crippen LogP) is 0.0137. The molecule has 0 unspecified atom stereocenters. The fourth-order valence-electron chi connectivity index (χ4n) is 1.65. The highest BCUT2D eigenvalue weighted by molar-refractivity contribution is 5.86. The van der Waals surface area contributed by atoms with Crippen LogP contribution in [-0.2, 0) is 22.3 Å². The van der Waals surface area contributed by atoms with Crippen LogP contribution in [0.2, 0.25) is 0 Å². The lowest BCUT2D eigenvalue weighted by molar-refractivity contribution is -0.189. The molecule has 22 heavy (non-hydrogen) atoms. The van der Waals surface area contributed by atoms with Gasteiger partial charge in [-0.1, -0.05) is 18.2 Å². The van der Waals surface area contributed by atoms with Crippen LogP contribution in [0.15, 0.2) is 24.3 Å². The molecule has 0 aliphatic rings. The Balaban J connectivity index is 3.06. The van der Waals surface area contributed by atoms with Crippen molar-refractivity contribution >= 4 is 11.9 Å². The molecule has 0 aliphatic carbocycles. The van der Waals surface area contributed by atoms with Gasteiger partial charge in [0, 0.05) is 6.54 Å². The molecular weight excluding hydrogens is 311 g/mol. The molecule has 7 nitrogen and oxygen atoms in total. The predicted molar refractivity (Wildman–Crippen MR) is 64.5 cm³/mol. The molecule has 1 aromatic carbocycles. The molecule has 1 rings (SSSR count). The molecule has 0 amide bonds. The zero-order chi connectivity index (χ0) is 17.1.